The van der Waals surface area contributed by atoms with Gasteiger partial charge >= 0.3 is 0 Å². The number of hydrogen-bond donors (Lipinski definition) is 2. The fourth-order valence-electron chi connectivity index (χ4n) is 1.48. The molecule has 1 saturated heterocycles. The van der Waals surface area contributed by atoms with Crippen molar-refractivity contribution in [1.82, 2.24) is 9.03 Å². The molecule has 0 saturated carbocycles. The summed E-state index contributed by atoms with van der Waals surface area (Å²) in [6.45, 7) is 3.63. The summed E-state index contributed by atoms with van der Waals surface area (Å²) in [6.07, 6.45) is 0.838. The zero-order chi connectivity index (χ0) is 10.1. The molecule has 1 atom stereocenters. The van der Waals surface area contributed by atoms with Crippen molar-refractivity contribution >= 4 is 10.2 Å². The molecule has 0 amide bonds. The van der Waals surface area contributed by atoms with Crippen LogP contribution < -0.4 is 10.5 Å². The molecule has 0 radical (unpaired) electrons. The predicted octanol–water partition coefficient (Wildman–Crippen LogP) is -0.879. The molecule has 78 valence electrons. The van der Waals surface area contributed by atoms with Gasteiger partial charge in [0.1, 0.15) is 0 Å². The molecule has 1 heterocycles. The molecule has 1 aliphatic heterocycles. The summed E-state index contributed by atoms with van der Waals surface area (Å²) in [5, 5.41) is 0. The largest absolute Gasteiger partial charge is 0.330 e. The van der Waals surface area contributed by atoms with Gasteiger partial charge in [-0.3, -0.25) is 0 Å². The van der Waals surface area contributed by atoms with Gasteiger partial charge in [0.05, 0.1) is 0 Å². The van der Waals surface area contributed by atoms with Crippen molar-refractivity contribution in [1.29, 1.82) is 0 Å². The topological polar surface area (TPSA) is 75.4 Å². The normalized spacial score (nSPS) is 31.0. The Morgan fingerprint density at radius 1 is 1.62 bits per heavy atom. The monoisotopic (exact) mass is 207 g/mol. The molecule has 0 bridgehead atoms. The number of nitrogens with one attached hydrogen (secondary N) is 1. The van der Waals surface area contributed by atoms with Crippen LogP contribution in [0.4, 0.5) is 0 Å². The molecule has 13 heavy (non-hydrogen) atoms. The fraction of sp³-hybridized carbons (Fsp3) is 1.00. The third kappa shape index (κ3) is 2.19. The lowest BCUT2D eigenvalue weighted by Crippen LogP contribution is -2.39. The zero-order valence-electron chi connectivity index (χ0n) is 8.08. The molecular formula is C7H17N3O2S. The third-order valence-corrected chi connectivity index (χ3v) is 4.12. The summed E-state index contributed by atoms with van der Waals surface area (Å²) in [4.78, 5) is 0. The van der Waals surface area contributed by atoms with E-state index < -0.39 is 10.2 Å². The first-order chi connectivity index (χ1) is 5.93. The van der Waals surface area contributed by atoms with E-state index in [0.29, 0.717) is 19.6 Å². The van der Waals surface area contributed by atoms with E-state index in [9.17, 15) is 8.42 Å². The number of nitrogens with two attached hydrogens (primary N) is 1. The van der Waals surface area contributed by atoms with Crippen LogP contribution in [-0.4, -0.2) is 39.4 Å². The van der Waals surface area contributed by atoms with Crippen LogP contribution in [0.3, 0.4) is 0 Å². The zero-order valence-corrected chi connectivity index (χ0v) is 8.89. The van der Waals surface area contributed by atoms with E-state index >= 15 is 0 Å². The molecule has 1 rings (SSSR count). The summed E-state index contributed by atoms with van der Waals surface area (Å²) in [5.41, 5.74) is 5.52. The maximum absolute atomic E-state index is 11.4. The Morgan fingerprint density at radius 2 is 2.23 bits per heavy atom. The average molecular weight is 207 g/mol. The SMILES string of the molecule is CNS(=O)(=O)N1CCC(C)(CN)C1. The Morgan fingerprint density at radius 3 is 2.62 bits per heavy atom. The molecular weight excluding hydrogens is 190 g/mol. The van der Waals surface area contributed by atoms with Crippen molar-refractivity contribution in [2.75, 3.05) is 26.7 Å². The van der Waals surface area contributed by atoms with Gasteiger partial charge in [-0.05, 0) is 18.4 Å². The average Bonchev–Trinajstić information content (AvgIpc) is 2.50. The molecule has 3 N–H and O–H groups in total. The van der Waals surface area contributed by atoms with Gasteiger partial charge in [-0.1, -0.05) is 6.92 Å². The minimum Gasteiger partial charge on any atom is -0.330 e. The Labute approximate surface area is 79.5 Å². The van der Waals surface area contributed by atoms with E-state index in [-0.39, 0.29) is 5.41 Å². The molecule has 0 aromatic rings. The van der Waals surface area contributed by atoms with Gasteiger partial charge in [0.2, 0.25) is 0 Å². The van der Waals surface area contributed by atoms with Crippen LogP contribution in [0.2, 0.25) is 0 Å². The lowest BCUT2D eigenvalue weighted by atomic mass is 9.90. The van der Waals surface area contributed by atoms with Crippen LogP contribution in [0.1, 0.15) is 13.3 Å². The summed E-state index contributed by atoms with van der Waals surface area (Å²) < 4.78 is 26.5. The van der Waals surface area contributed by atoms with Crippen molar-refractivity contribution < 1.29 is 8.42 Å². The fourth-order valence-corrected chi connectivity index (χ4v) is 2.55. The predicted molar refractivity (Wildman–Crippen MR) is 51.3 cm³/mol. The molecule has 0 aromatic heterocycles. The van der Waals surface area contributed by atoms with Crippen LogP contribution in [0.5, 0.6) is 0 Å². The minimum atomic E-state index is -3.25. The van der Waals surface area contributed by atoms with Crippen molar-refractivity contribution in [3.05, 3.63) is 0 Å². The van der Waals surface area contributed by atoms with Gasteiger partial charge in [-0.15, -0.1) is 0 Å². The molecule has 5 nitrogen and oxygen atoms in total. The van der Waals surface area contributed by atoms with Crippen molar-refractivity contribution in [2.24, 2.45) is 11.1 Å². The maximum Gasteiger partial charge on any atom is 0.279 e. The van der Waals surface area contributed by atoms with E-state index in [2.05, 4.69) is 4.72 Å². The van der Waals surface area contributed by atoms with Gasteiger partial charge in [0, 0.05) is 20.1 Å². The Bertz CT molecular complexity index is 277. The van der Waals surface area contributed by atoms with Crippen LogP contribution >= 0.6 is 0 Å². The highest BCUT2D eigenvalue weighted by Gasteiger charge is 2.37. The quantitative estimate of drug-likeness (QED) is 0.631. The first-order valence-corrected chi connectivity index (χ1v) is 5.76. The Hall–Kier alpha value is -0.170. The van der Waals surface area contributed by atoms with Crippen LogP contribution in [0, 0.1) is 5.41 Å². The molecule has 0 aliphatic carbocycles. The van der Waals surface area contributed by atoms with E-state index in [1.807, 2.05) is 6.92 Å². The second-order valence-corrected chi connectivity index (χ2v) is 5.68. The van der Waals surface area contributed by atoms with Crippen LogP contribution in [0.25, 0.3) is 0 Å². The molecule has 1 aliphatic rings. The summed E-state index contributed by atoms with van der Waals surface area (Å²) in [6, 6.07) is 0. The van der Waals surface area contributed by atoms with E-state index in [0.717, 1.165) is 6.42 Å². The number of hydrogen-bond acceptors (Lipinski definition) is 3. The van der Waals surface area contributed by atoms with Gasteiger partial charge in [-0.2, -0.15) is 12.7 Å². The van der Waals surface area contributed by atoms with Gasteiger partial charge in [0.25, 0.3) is 10.2 Å². The van der Waals surface area contributed by atoms with Crippen LogP contribution in [0.15, 0.2) is 0 Å². The number of nitrogens with zero attached hydrogens (tertiary/aromatic N) is 1. The smallest absolute Gasteiger partial charge is 0.279 e. The minimum absolute atomic E-state index is 0.0517. The highest BCUT2D eigenvalue weighted by Crippen LogP contribution is 2.29. The van der Waals surface area contributed by atoms with E-state index in [1.54, 1.807) is 0 Å². The molecule has 0 spiro atoms. The van der Waals surface area contributed by atoms with Crippen molar-refractivity contribution in [3.63, 3.8) is 0 Å². The molecule has 6 heteroatoms. The van der Waals surface area contributed by atoms with Crippen molar-refractivity contribution in [2.45, 2.75) is 13.3 Å². The maximum atomic E-state index is 11.4. The molecule has 0 aromatic carbocycles. The number of rotatable bonds is 3. The van der Waals surface area contributed by atoms with Crippen molar-refractivity contribution in [3.8, 4) is 0 Å². The Balaban J connectivity index is 2.71. The molecule has 1 unspecified atom stereocenters. The van der Waals surface area contributed by atoms with E-state index in [1.165, 1.54) is 11.4 Å². The lowest BCUT2D eigenvalue weighted by molar-refractivity contribution is 0.348. The summed E-state index contributed by atoms with van der Waals surface area (Å²) in [7, 11) is -1.83. The third-order valence-electron chi connectivity index (χ3n) is 2.61. The summed E-state index contributed by atoms with van der Waals surface area (Å²) in [5.74, 6) is 0. The first kappa shape index (κ1) is 10.9. The second kappa shape index (κ2) is 3.53. The second-order valence-electron chi connectivity index (χ2n) is 3.81. The highest BCUT2D eigenvalue weighted by molar-refractivity contribution is 7.87. The van der Waals surface area contributed by atoms with Gasteiger partial charge < -0.3 is 5.73 Å². The van der Waals surface area contributed by atoms with Gasteiger partial charge in [-0.25, -0.2) is 4.72 Å². The van der Waals surface area contributed by atoms with Crippen LogP contribution in [-0.2, 0) is 10.2 Å². The standard InChI is InChI=1S/C7H17N3O2S/c1-7(5-8)3-4-10(6-7)13(11,12)9-2/h9H,3-6,8H2,1-2H3. The highest BCUT2D eigenvalue weighted by atomic mass is 32.2. The first-order valence-electron chi connectivity index (χ1n) is 4.32. The molecule has 1 fully saturated rings. The van der Waals surface area contributed by atoms with Gasteiger partial charge in [0.15, 0.2) is 0 Å². The Kier molecular flexibility index (Phi) is 2.96. The lowest BCUT2D eigenvalue weighted by Gasteiger charge is -2.21. The summed E-state index contributed by atoms with van der Waals surface area (Å²) >= 11 is 0. The van der Waals surface area contributed by atoms with E-state index in [4.69, 9.17) is 5.73 Å².